The van der Waals surface area contributed by atoms with Crippen LogP contribution < -0.4 is 10.1 Å². The Hall–Kier alpha value is -4.32. The van der Waals surface area contributed by atoms with Gasteiger partial charge in [0.05, 0.1) is 17.5 Å². The van der Waals surface area contributed by atoms with Crippen molar-refractivity contribution in [2.45, 2.75) is 51.7 Å². The highest BCUT2D eigenvalue weighted by molar-refractivity contribution is 5.82. The quantitative estimate of drug-likeness (QED) is 0.328. The summed E-state index contributed by atoms with van der Waals surface area (Å²) < 4.78 is 48.0. The van der Waals surface area contributed by atoms with Crippen molar-refractivity contribution >= 4 is 5.91 Å². The van der Waals surface area contributed by atoms with Crippen LogP contribution in [0.1, 0.15) is 46.4 Å². The van der Waals surface area contributed by atoms with Crippen LogP contribution in [0.25, 0.3) is 11.1 Å². The largest absolute Gasteiger partial charge is 0.573 e. The molecule has 212 valence electrons. The minimum Gasteiger partial charge on any atom is -0.406 e. The van der Waals surface area contributed by atoms with Gasteiger partial charge in [-0.2, -0.15) is 4.98 Å². The number of nitrogens with zero attached hydrogens (tertiary/aromatic N) is 5. The van der Waals surface area contributed by atoms with Crippen LogP contribution in [0.3, 0.4) is 0 Å². The maximum Gasteiger partial charge on any atom is 0.573 e. The Morgan fingerprint density at radius 1 is 1.20 bits per heavy atom. The molecule has 2 atom stereocenters. The van der Waals surface area contributed by atoms with Crippen molar-refractivity contribution in [1.29, 1.82) is 0 Å². The number of benzene rings is 2. The highest BCUT2D eigenvalue weighted by Crippen LogP contribution is 2.47. The summed E-state index contributed by atoms with van der Waals surface area (Å²) in [5.41, 5.74) is 5.42. The van der Waals surface area contributed by atoms with Crippen molar-refractivity contribution in [2.24, 2.45) is 5.92 Å². The Morgan fingerprint density at radius 3 is 2.83 bits per heavy atom. The lowest BCUT2D eigenvalue weighted by Crippen LogP contribution is -2.33. The van der Waals surface area contributed by atoms with E-state index >= 15 is 0 Å². The summed E-state index contributed by atoms with van der Waals surface area (Å²) in [4.78, 5) is 27.8. The van der Waals surface area contributed by atoms with Gasteiger partial charge in [-0.05, 0) is 65.8 Å². The van der Waals surface area contributed by atoms with Gasteiger partial charge in [0.1, 0.15) is 12.1 Å². The number of rotatable bonds is 8. The van der Waals surface area contributed by atoms with Crippen molar-refractivity contribution in [2.75, 3.05) is 6.54 Å². The maximum atomic E-state index is 13.0. The van der Waals surface area contributed by atoms with Crippen LogP contribution in [0, 0.1) is 12.8 Å². The third-order valence-corrected chi connectivity index (χ3v) is 7.44. The van der Waals surface area contributed by atoms with Gasteiger partial charge in [0.2, 0.25) is 11.8 Å². The first-order valence-electron chi connectivity index (χ1n) is 13.3. The normalized spacial score (nSPS) is 18.5. The number of hydrogen-bond acceptors (Lipinski definition) is 8. The Morgan fingerprint density at radius 2 is 2.07 bits per heavy atom. The average molecular weight is 565 g/mol. The predicted octanol–water partition coefficient (Wildman–Crippen LogP) is 4.71. The van der Waals surface area contributed by atoms with Gasteiger partial charge in [-0.15, -0.1) is 13.2 Å². The fourth-order valence-electron chi connectivity index (χ4n) is 5.40. The van der Waals surface area contributed by atoms with Crippen molar-refractivity contribution in [1.82, 2.24) is 30.3 Å². The summed E-state index contributed by atoms with van der Waals surface area (Å²) in [5.74, 6) is 0.407. The van der Waals surface area contributed by atoms with Crippen LogP contribution in [-0.2, 0) is 30.8 Å². The number of fused-ring (bicyclic) bond motifs is 1. The second-order valence-corrected chi connectivity index (χ2v) is 10.3. The third kappa shape index (κ3) is 6.22. The van der Waals surface area contributed by atoms with Crippen LogP contribution in [0.2, 0.25) is 0 Å². The standard InChI is InChI=1S/C29H27F3N6O3/c1-17-36-28(41-37-17)25-12-24(25)27(39)34-13-19-5-6-22(18-3-2-4-21(11-18)40-29(30,31)32)23-8-10-38(15-26(19)23)14-20-7-9-33-16-35-20/h2-7,9,11,16,24-25H,8,10,12-15H2,1H3,(H,34,39)/t24?,25-/m0/s1. The minimum absolute atomic E-state index is 0.0676. The first kappa shape index (κ1) is 26.9. The van der Waals surface area contributed by atoms with Crippen LogP contribution >= 0.6 is 0 Å². The number of aromatic nitrogens is 4. The van der Waals surface area contributed by atoms with Crippen molar-refractivity contribution in [3.05, 3.63) is 89.1 Å². The van der Waals surface area contributed by atoms with Gasteiger partial charge in [-0.3, -0.25) is 9.69 Å². The first-order valence-corrected chi connectivity index (χ1v) is 13.3. The van der Waals surface area contributed by atoms with Gasteiger partial charge in [-0.25, -0.2) is 9.97 Å². The number of halogens is 3. The van der Waals surface area contributed by atoms with E-state index in [9.17, 15) is 18.0 Å². The molecule has 1 amide bonds. The molecule has 4 aromatic rings. The summed E-state index contributed by atoms with van der Waals surface area (Å²) >= 11 is 0. The summed E-state index contributed by atoms with van der Waals surface area (Å²) in [5, 5.41) is 6.88. The summed E-state index contributed by atoms with van der Waals surface area (Å²) in [6, 6.07) is 11.7. The Labute approximate surface area is 233 Å². The lowest BCUT2D eigenvalue weighted by molar-refractivity contribution is -0.274. The van der Waals surface area contributed by atoms with Gasteiger partial charge in [-0.1, -0.05) is 29.4 Å². The van der Waals surface area contributed by atoms with Crippen LogP contribution in [0.4, 0.5) is 13.2 Å². The maximum absolute atomic E-state index is 13.0. The molecule has 0 spiro atoms. The minimum atomic E-state index is -4.77. The SMILES string of the molecule is Cc1noc([C@H]2CC2C(=O)NCc2ccc(-c3cccc(OC(F)(F)F)c3)c3c2CN(Cc2ccncn2)CC3)n1. The third-order valence-electron chi connectivity index (χ3n) is 7.44. The molecule has 9 nitrogen and oxygen atoms in total. The molecule has 1 N–H and O–H groups in total. The predicted molar refractivity (Wildman–Crippen MR) is 140 cm³/mol. The second-order valence-electron chi connectivity index (χ2n) is 10.3. The molecule has 3 heterocycles. The van der Waals surface area contributed by atoms with E-state index in [0.717, 1.165) is 34.5 Å². The van der Waals surface area contributed by atoms with Crippen molar-refractivity contribution < 1.29 is 27.2 Å². The van der Waals surface area contributed by atoms with Gasteiger partial charge in [0, 0.05) is 32.4 Å². The van der Waals surface area contributed by atoms with Crippen molar-refractivity contribution in [3.8, 4) is 16.9 Å². The second kappa shape index (κ2) is 10.9. The van der Waals surface area contributed by atoms with Crippen LogP contribution in [0.5, 0.6) is 5.75 Å². The fraction of sp³-hybridized carbons (Fsp3) is 0.345. The molecule has 0 radical (unpaired) electrons. The first-order chi connectivity index (χ1) is 19.7. The topological polar surface area (TPSA) is 106 Å². The molecule has 1 aliphatic heterocycles. The molecule has 0 saturated heterocycles. The molecular weight excluding hydrogens is 537 g/mol. The molecule has 0 bridgehead atoms. The molecule has 2 aromatic carbocycles. The molecule has 41 heavy (non-hydrogen) atoms. The molecule has 2 aliphatic rings. The smallest absolute Gasteiger partial charge is 0.406 e. The van der Waals surface area contributed by atoms with E-state index in [1.54, 1.807) is 25.3 Å². The summed E-state index contributed by atoms with van der Waals surface area (Å²) in [6.45, 7) is 4.04. The zero-order valence-corrected chi connectivity index (χ0v) is 22.2. The summed E-state index contributed by atoms with van der Waals surface area (Å²) in [6.07, 6.45) is -0.208. The van der Waals surface area contributed by atoms with Gasteiger partial charge < -0.3 is 14.6 Å². The number of hydrogen-bond donors (Lipinski definition) is 1. The van der Waals surface area contributed by atoms with E-state index < -0.39 is 6.36 Å². The fourth-order valence-corrected chi connectivity index (χ4v) is 5.40. The number of aryl methyl sites for hydroxylation is 1. The average Bonchev–Trinajstić information content (AvgIpc) is 3.64. The highest BCUT2D eigenvalue weighted by atomic mass is 19.4. The molecule has 2 aromatic heterocycles. The number of nitrogens with one attached hydrogen (secondary N) is 1. The zero-order valence-electron chi connectivity index (χ0n) is 22.2. The number of alkyl halides is 3. The molecule has 1 saturated carbocycles. The molecule has 12 heteroatoms. The molecule has 1 aliphatic carbocycles. The van der Waals surface area contributed by atoms with E-state index in [-0.39, 0.29) is 23.5 Å². The van der Waals surface area contributed by atoms with Crippen LogP contribution in [0.15, 0.2) is 59.5 Å². The molecular formula is C29H27F3N6O3. The number of ether oxygens (including phenoxy) is 1. The lowest BCUT2D eigenvalue weighted by Gasteiger charge is -2.32. The molecule has 1 unspecified atom stereocenters. The van der Waals surface area contributed by atoms with Crippen LogP contribution in [-0.4, -0.2) is 43.8 Å². The van der Waals surface area contributed by atoms with Crippen molar-refractivity contribution in [3.63, 3.8) is 0 Å². The number of carbonyl (C=O) groups excluding carboxylic acids is 1. The van der Waals surface area contributed by atoms with E-state index in [4.69, 9.17) is 4.52 Å². The highest BCUT2D eigenvalue weighted by Gasteiger charge is 2.47. The number of carbonyl (C=O) groups is 1. The monoisotopic (exact) mass is 564 g/mol. The Bertz CT molecular complexity index is 1560. The number of amides is 1. The zero-order chi connectivity index (χ0) is 28.6. The van der Waals surface area contributed by atoms with Gasteiger partial charge in [0.15, 0.2) is 5.82 Å². The Kier molecular flexibility index (Phi) is 7.16. The lowest BCUT2D eigenvalue weighted by atomic mass is 9.87. The van der Waals surface area contributed by atoms with E-state index in [1.807, 2.05) is 18.2 Å². The summed E-state index contributed by atoms with van der Waals surface area (Å²) in [7, 11) is 0. The molecule has 1 fully saturated rings. The van der Waals surface area contributed by atoms with Gasteiger partial charge in [0.25, 0.3) is 0 Å². The van der Waals surface area contributed by atoms with Gasteiger partial charge >= 0.3 is 6.36 Å². The Balaban J connectivity index is 1.25. The molecule has 6 rings (SSSR count). The van der Waals surface area contributed by atoms with E-state index in [1.165, 1.54) is 18.5 Å². The van der Waals surface area contributed by atoms with E-state index in [2.05, 4.69) is 35.1 Å². The van der Waals surface area contributed by atoms with E-state index in [0.29, 0.717) is 49.8 Å².